The molecule has 0 aliphatic heterocycles. The molecule has 0 rings (SSSR count). The van der Waals surface area contributed by atoms with Crippen LogP contribution >= 0.6 is 0 Å². The van der Waals surface area contributed by atoms with E-state index in [0.717, 1.165) is 0 Å². The second-order valence-electron chi connectivity index (χ2n) is 2.08. The van der Waals surface area contributed by atoms with Gasteiger partial charge >= 0.3 is 0 Å². The molecule has 1 unspecified atom stereocenters. The van der Waals surface area contributed by atoms with Crippen LogP contribution in [0.4, 0.5) is 0 Å². The predicted octanol–water partition coefficient (Wildman–Crippen LogP) is -0.523. The third kappa shape index (κ3) is 5.88. The molecule has 0 aromatic heterocycles. The molecule has 8 heavy (non-hydrogen) atoms. The molecule has 0 fully saturated rings. The summed E-state index contributed by atoms with van der Waals surface area (Å²) >= 11 is 0. The zero-order chi connectivity index (χ0) is 6.78. The van der Waals surface area contributed by atoms with Gasteiger partial charge in [0.15, 0.2) is 0 Å². The molecule has 0 saturated heterocycles. The van der Waals surface area contributed by atoms with E-state index < -0.39 is 5.97 Å². The lowest BCUT2D eigenvalue weighted by Gasteiger charge is -2.15. The van der Waals surface area contributed by atoms with Crippen LogP contribution in [-0.4, -0.2) is 21.3 Å². The first kappa shape index (κ1) is 7.88. The highest BCUT2D eigenvalue weighted by Crippen LogP contribution is 2.08. The fourth-order valence-corrected chi connectivity index (χ4v) is 0.468. The van der Waals surface area contributed by atoms with Crippen LogP contribution in [0.15, 0.2) is 0 Å². The maximum absolute atomic E-state index is 8.26. The van der Waals surface area contributed by atoms with Gasteiger partial charge in [0.1, 0.15) is 0 Å². The summed E-state index contributed by atoms with van der Waals surface area (Å²) in [7, 11) is 0. The van der Waals surface area contributed by atoms with Crippen LogP contribution in [0, 0.1) is 12.8 Å². The average molecular weight is 119 g/mol. The summed E-state index contributed by atoms with van der Waals surface area (Å²) in [5.41, 5.74) is 0. The lowest BCUT2D eigenvalue weighted by molar-refractivity contribution is -0.317. The van der Waals surface area contributed by atoms with Gasteiger partial charge in [-0.1, -0.05) is 13.8 Å². The Hall–Kier alpha value is -0.120. The molecule has 3 heteroatoms. The van der Waals surface area contributed by atoms with Gasteiger partial charge in [-0.3, -0.25) is 0 Å². The fourth-order valence-electron chi connectivity index (χ4n) is 0.468. The molecule has 0 spiro atoms. The van der Waals surface area contributed by atoms with Crippen molar-refractivity contribution in [3.8, 4) is 0 Å². The average Bonchev–Trinajstić information content (AvgIpc) is 1.21. The van der Waals surface area contributed by atoms with E-state index >= 15 is 0 Å². The van der Waals surface area contributed by atoms with E-state index in [1.54, 1.807) is 6.92 Å². The van der Waals surface area contributed by atoms with Crippen molar-refractivity contribution in [2.24, 2.45) is 5.92 Å². The summed E-state index contributed by atoms with van der Waals surface area (Å²) in [4.78, 5) is 0. The number of hydrogen-bond acceptors (Lipinski definition) is 3. The second kappa shape index (κ2) is 2.44. The van der Waals surface area contributed by atoms with Gasteiger partial charge in [-0.25, -0.2) is 0 Å². The first-order valence-corrected chi connectivity index (χ1v) is 2.42. The largest absolute Gasteiger partial charge is 0.344 e. The number of rotatable bonds is 2. The van der Waals surface area contributed by atoms with Crippen molar-refractivity contribution in [2.45, 2.75) is 19.3 Å². The lowest BCUT2D eigenvalue weighted by atomic mass is 10.1. The van der Waals surface area contributed by atoms with Crippen LogP contribution in [0.5, 0.6) is 0 Å². The SMILES string of the molecule is [CH2]C(C)CC(O)(O)O. The minimum absolute atomic E-state index is 0.118. The van der Waals surface area contributed by atoms with Gasteiger partial charge in [-0.2, -0.15) is 0 Å². The normalized spacial score (nSPS) is 12.8. The highest BCUT2D eigenvalue weighted by atomic mass is 16.7. The van der Waals surface area contributed by atoms with Gasteiger partial charge in [-0.15, -0.1) is 0 Å². The van der Waals surface area contributed by atoms with Crippen molar-refractivity contribution in [3.05, 3.63) is 6.92 Å². The van der Waals surface area contributed by atoms with Crippen molar-refractivity contribution in [1.82, 2.24) is 0 Å². The summed E-state index contributed by atoms with van der Waals surface area (Å²) in [5.74, 6) is -2.70. The minimum atomic E-state index is -2.54. The Morgan fingerprint density at radius 1 is 1.50 bits per heavy atom. The Morgan fingerprint density at radius 2 is 1.88 bits per heavy atom. The predicted molar refractivity (Wildman–Crippen MR) is 28.5 cm³/mol. The number of hydrogen-bond donors (Lipinski definition) is 3. The van der Waals surface area contributed by atoms with Crippen molar-refractivity contribution < 1.29 is 15.3 Å². The van der Waals surface area contributed by atoms with E-state index in [2.05, 4.69) is 6.92 Å². The van der Waals surface area contributed by atoms with Crippen molar-refractivity contribution in [2.75, 3.05) is 0 Å². The van der Waals surface area contributed by atoms with Crippen LogP contribution in [0.25, 0.3) is 0 Å². The molecule has 0 aliphatic rings. The van der Waals surface area contributed by atoms with E-state index in [4.69, 9.17) is 15.3 Å². The topological polar surface area (TPSA) is 60.7 Å². The molecular weight excluding hydrogens is 108 g/mol. The Balaban J connectivity index is 3.39. The van der Waals surface area contributed by atoms with Crippen LogP contribution in [0.2, 0.25) is 0 Å². The monoisotopic (exact) mass is 119 g/mol. The van der Waals surface area contributed by atoms with Crippen LogP contribution in [-0.2, 0) is 0 Å². The van der Waals surface area contributed by atoms with Crippen LogP contribution in [0.1, 0.15) is 13.3 Å². The molecule has 0 aromatic carbocycles. The molecule has 49 valence electrons. The van der Waals surface area contributed by atoms with E-state index in [-0.39, 0.29) is 12.3 Å². The van der Waals surface area contributed by atoms with Gasteiger partial charge in [-0.05, 0) is 5.92 Å². The number of aliphatic hydroxyl groups is 3. The standard InChI is InChI=1S/C5H11O3/c1-4(2)3-5(6,7)8/h4,6-8H,1,3H2,2H3. The highest BCUT2D eigenvalue weighted by Gasteiger charge is 2.18. The van der Waals surface area contributed by atoms with Crippen molar-refractivity contribution in [1.29, 1.82) is 0 Å². The first-order valence-electron chi connectivity index (χ1n) is 2.42. The van der Waals surface area contributed by atoms with Gasteiger partial charge in [0, 0.05) is 6.42 Å². The van der Waals surface area contributed by atoms with Crippen molar-refractivity contribution in [3.63, 3.8) is 0 Å². The van der Waals surface area contributed by atoms with Crippen LogP contribution < -0.4 is 0 Å². The summed E-state index contributed by atoms with van der Waals surface area (Å²) < 4.78 is 0. The molecule has 0 aromatic rings. The molecule has 0 amide bonds. The molecular formula is C5H11O3. The quantitative estimate of drug-likeness (QED) is 0.428. The summed E-state index contributed by atoms with van der Waals surface area (Å²) in [6, 6.07) is 0. The zero-order valence-corrected chi connectivity index (χ0v) is 4.83. The third-order valence-corrected chi connectivity index (χ3v) is 0.622. The zero-order valence-electron chi connectivity index (χ0n) is 4.83. The summed E-state index contributed by atoms with van der Waals surface area (Å²) in [5, 5.41) is 24.8. The van der Waals surface area contributed by atoms with E-state index in [1.165, 1.54) is 0 Å². The molecule has 0 bridgehead atoms. The van der Waals surface area contributed by atoms with E-state index in [0.29, 0.717) is 0 Å². The molecule has 1 atom stereocenters. The maximum Gasteiger partial charge on any atom is 0.275 e. The molecule has 0 saturated carbocycles. The first-order chi connectivity index (χ1) is 3.42. The Labute approximate surface area is 48.6 Å². The minimum Gasteiger partial charge on any atom is -0.344 e. The summed E-state index contributed by atoms with van der Waals surface area (Å²) in [6.45, 7) is 5.12. The van der Waals surface area contributed by atoms with Gasteiger partial charge in [0.2, 0.25) is 0 Å². The summed E-state index contributed by atoms with van der Waals surface area (Å²) in [6.07, 6.45) is -0.118. The van der Waals surface area contributed by atoms with Crippen molar-refractivity contribution >= 4 is 0 Å². The third-order valence-electron chi connectivity index (χ3n) is 0.622. The van der Waals surface area contributed by atoms with E-state index in [1.807, 2.05) is 0 Å². The van der Waals surface area contributed by atoms with Crippen LogP contribution in [0.3, 0.4) is 0 Å². The lowest BCUT2D eigenvalue weighted by Crippen LogP contribution is -2.28. The Morgan fingerprint density at radius 3 is 1.88 bits per heavy atom. The Bertz CT molecular complexity index is 62.6. The smallest absolute Gasteiger partial charge is 0.275 e. The van der Waals surface area contributed by atoms with Gasteiger partial charge in [0.05, 0.1) is 0 Å². The maximum atomic E-state index is 8.26. The molecule has 0 aliphatic carbocycles. The molecule has 1 radical (unpaired) electrons. The van der Waals surface area contributed by atoms with Gasteiger partial charge in [0.25, 0.3) is 5.97 Å². The fraction of sp³-hybridized carbons (Fsp3) is 0.800. The second-order valence-corrected chi connectivity index (χ2v) is 2.08. The van der Waals surface area contributed by atoms with Gasteiger partial charge < -0.3 is 15.3 Å². The van der Waals surface area contributed by atoms with E-state index in [9.17, 15) is 0 Å². The molecule has 3 N–H and O–H groups in total. The molecule has 0 heterocycles. The Kier molecular flexibility index (Phi) is 2.40. The molecule has 3 nitrogen and oxygen atoms in total. The highest BCUT2D eigenvalue weighted by molar-refractivity contribution is 4.58.